The molecule has 1 saturated heterocycles. The van der Waals surface area contributed by atoms with Crippen molar-refractivity contribution in [3.05, 3.63) is 0 Å². The summed E-state index contributed by atoms with van der Waals surface area (Å²) in [6.07, 6.45) is 2.82. The summed E-state index contributed by atoms with van der Waals surface area (Å²) in [6.45, 7) is 5.26. The molecule has 1 aliphatic heterocycles. The summed E-state index contributed by atoms with van der Waals surface area (Å²) in [6, 6.07) is 0. The molecule has 0 aliphatic carbocycles. The van der Waals surface area contributed by atoms with Gasteiger partial charge in [-0.3, -0.25) is 5.09 Å². The van der Waals surface area contributed by atoms with Gasteiger partial charge in [-0.2, -0.15) is 0 Å². The average molecular weight is 119 g/mol. The quantitative estimate of drug-likeness (QED) is 0.477. The number of hydrogen-bond donors (Lipinski definition) is 1. The van der Waals surface area contributed by atoms with Gasteiger partial charge >= 0.3 is 0 Å². The molecule has 7 heavy (non-hydrogen) atoms. The molecule has 1 heterocycles. The van der Waals surface area contributed by atoms with Crippen LogP contribution in [0.5, 0.6) is 0 Å². The third kappa shape index (κ3) is 4.24. The Morgan fingerprint density at radius 2 is 2.14 bits per heavy atom. The van der Waals surface area contributed by atoms with E-state index in [1.54, 1.807) is 0 Å². The average Bonchev–Trinajstić information content (AvgIpc) is 2.23. The molecular weight excluding hydrogens is 105 g/mol. The fourth-order valence-corrected chi connectivity index (χ4v) is 1.33. The Morgan fingerprint density at radius 1 is 1.43 bits per heavy atom. The van der Waals surface area contributed by atoms with Crippen LogP contribution in [0.3, 0.4) is 0 Å². The van der Waals surface area contributed by atoms with Crippen molar-refractivity contribution >= 4 is 8.73 Å². The topological polar surface area (TPSA) is 12.0 Å². The maximum atomic E-state index is 3.25. The minimum atomic E-state index is 1.06. The highest BCUT2D eigenvalue weighted by Crippen LogP contribution is 2.10. The molecule has 1 atom stereocenters. The van der Waals surface area contributed by atoms with Gasteiger partial charge in [0, 0.05) is 0 Å². The van der Waals surface area contributed by atoms with Crippen molar-refractivity contribution in [2.45, 2.75) is 20.3 Å². The molecule has 2 heteroatoms. The minimum Gasteiger partial charge on any atom is -0.298 e. The lowest BCUT2D eigenvalue weighted by molar-refractivity contribution is 0.940. The zero-order valence-electron chi connectivity index (χ0n) is 5.12. The van der Waals surface area contributed by atoms with Crippen LogP contribution in [0.2, 0.25) is 0 Å². The van der Waals surface area contributed by atoms with Crippen molar-refractivity contribution in [2.24, 2.45) is 0 Å². The zero-order valence-corrected chi connectivity index (χ0v) is 6.12. The molecule has 0 aromatic carbocycles. The lowest BCUT2D eigenvalue weighted by Crippen LogP contribution is -1.90. The van der Waals surface area contributed by atoms with E-state index in [2.05, 4.69) is 5.09 Å². The first-order chi connectivity index (χ1) is 3.50. The maximum Gasteiger partial charge on any atom is -0.000845 e. The molecule has 1 rings (SSSR count). The lowest BCUT2D eigenvalue weighted by atomic mass is 10.5. The van der Waals surface area contributed by atoms with E-state index >= 15 is 0 Å². The van der Waals surface area contributed by atoms with Gasteiger partial charge in [-0.05, 0) is 19.1 Å². The van der Waals surface area contributed by atoms with Crippen molar-refractivity contribution in [3.63, 3.8) is 0 Å². The highest BCUT2D eigenvalue weighted by atomic mass is 31.1. The predicted molar refractivity (Wildman–Crippen MR) is 37.1 cm³/mol. The summed E-state index contributed by atoms with van der Waals surface area (Å²) in [7, 11) is 1.06. The minimum absolute atomic E-state index is 1.06. The highest BCUT2D eigenvalue weighted by molar-refractivity contribution is 7.35. The van der Waals surface area contributed by atoms with E-state index in [9.17, 15) is 0 Å². The second-order valence-corrected chi connectivity index (χ2v) is 2.41. The molecule has 1 aliphatic rings. The molecule has 1 fully saturated rings. The molecule has 44 valence electrons. The maximum absolute atomic E-state index is 3.25. The van der Waals surface area contributed by atoms with Crippen LogP contribution in [0, 0.1) is 0 Å². The van der Waals surface area contributed by atoms with Crippen LogP contribution in [0.4, 0.5) is 0 Å². The summed E-state index contributed by atoms with van der Waals surface area (Å²) in [4.78, 5) is 0. The standard InChI is InChI=1S/C3H8NP.C2H6/c1-2-4-5-3-1;1-2/h4-5H,1-3H2;1-2H3. The van der Waals surface area contributed by atoms with Gasteiger partial charge in [0.25, 0.3) is 0 Å². The van der Waals surface area contributed by atoms with Crippen molar-refractivity contribution in [1.29, 1.82) is 0 Å². The van der Waals surface area contributed by atoms with E-state index in [-0.39, 0.29) is 0 Å². The highest BCUT2D eigenvalue weighted by Gasteiger charge is 1.93. The molecule has 0 spiro atoms. The molecule has 0 bridgehead atoms. The van der Waals surface area contributed by atoms with Crippen LogP contribution in [0.1, 0.15) is 20.3 Å². The van der Waals surface area contributed by atoms with E-state index in [1.165, 1.54) is 19.1 Å². The van der Waals surface area contributed by atoms with Crippen LogP contribution in [-0.2, 0) is 0 Å². The van der Waals surface area contributed by atoms with E-state index in [1.807, 2.05) is 13.8 Å². The van der Waals surface area contributed by atoms with Crippen molar-refractivity contribution < 1.29 is 0 Å². The normalized spacial score (nSPS) is 21.4. The van der Waals surface area contributed by atoms with Gasteiger partial charge in [0.2, 0.25) is 0 Å². The first-order valence-electron chi connectivity index (χ1n) is 2.96. The number of hydrogen-bond acceptors (Lipinski definition) is 1. The molecule has 1 nitrogen and oxygen atoms in total. The monoisotopic (exact) mass is 119 g/mol. The van der Waals surface area contributed by atoms with Gasteiger partial charge < -0.3 is 0 Å². The van der Waals surface area contributed by atoms with Crippen molar-refractivity contribution in [2.75, 3.05) is 12.7 Å². The van der Waals surface area contributed by atoms with Gasteiger partial charge in [-0.15, -0.1) is 0 Å². The van der Waals surface area contributed by atoms with Gasteiger partial charge in [0.1, 0.15) is 0 Å². The Morgan fingerprint density at radius 3 is 2.29 bits per heavy atom. The first kappa shape index (κ1) is 7.39. The Bertz CT molecular complexity index is 19.7. The summed E-state index contributed by atoms with van der Waals surface area (Å²) in [5.74, 6) is 0. The molecule has 0 aromatic heterocycles. The Hall–Kier alpha value is 0.390. The number of nitrogens with one attached hydrogen (secondary N) is 1. The fraction of sp³-hybridized carbons (Fsp3) is 1.00. The SMILES string of the molecule is C1CNPC1.CC. The van der Waals surface area contributed by atoms with Gasteiger partial charge in [-0.1, -0.05) is 22.6 Å². The van der Waals surface area contributed by atoms with Crippen LogP contribution in [-0.4, -0.2) is 12.7 Å². The Balaban J connectivity index is 0.000000162. The largest absolute Gasteiger partial charge is 0.298 e. The third-order valence-electron chi connectivity index (χ3n) is 0.729. The first-order valence-corrected chi connectivity index (χ1v) is 4.16. The summed E-state index contributed by atoms with van der Waals surface area (Å²) in [5, 5.41) is 3.25. The van der Waals surface area contributed by atoms with Crippen LogP contribution in [0.25, 0.3) is 0 Å². The lowest BCUT2D eigenvalue weighted by Gasteiger charge is -1.76. The molecule has 1 unspecified atom stereocenters. The third-order valence-corrected chi connectivity index (χ3v) is 1.83. The van der Waals surface area contributed by atoms with Crippen molar-refractivity contribution in [1.82, 2.24) is 5.09 Å². The second-order valence-electron chi connectivity index (χ2n) is 1.21. The van der Waals surface area contributed by atoms with Gasteiger partial charge in [-0.25, -0.2) is 0 Å². The Labute approximate surface area is 47.7 Å². The molecule has 0 radical (unpaired) electrons. The van der Waals surface area contributed by atoms with E-state index in [0.717, 1.165) is 8.73 Å². The van der Waals surface area contributed by atoms with E-state index in [0.29, 0.717) is 0 Å². The van der Waals surface area contributed by atoms with E-state index in [4.69, 9.17) is 0 Å². The summed E-state index contributed by atoms with van der Waals surface area (Å²) < 4.78 is 0. The molecule has 0 amide bonds. The van der Waals surface area contributed by atoms with Gasteiger partial charge in [0.15, 0.2) is 0 Å². The Kier molecular flexibility index (Phi) is 6.75. The second kappa shape index (κ2) is 6.39. The molecule has 0 aromatic rings. The zero-order chi connectivity index (χ0) is 5.54. The van der Waals surface area contributed by atoms with Crippen molar-refractivity contribution in [3.8, 4) is 0 Å². The molecule has 0 saturated carbocycles. The van der Waals surface area contributed by atoms with E-state index < -0.39 is 0 Å². The number of rotatable bonds is 0. The fourth-order valence-electron chi connectivity index (χ4n) is 0.442. The van der Waals surface area contributed by atoms with Crippen LogP contribution >= 0.6 is 8.73 Å². The molecular formula is C5H14NP. The van der Waals surface area contributed by atoms with Crippen LogP contribution < -0.4 is 5.09 Å². The molecule has 1 N–H and O–H groups in total. The smallest absolute Gasteiger partial charge is 0.000845 e. The summed E-state index contributed by atoms with van der Waals surface area (Å²) >= 11 is 0. The predicted octanol–water partition coefficient (Wildman–Crippen LogP) is 1.60. The van der Waals surface area contributed by atoms with Gasteiger partial charge in [0.05, 0.1) is 0 Å². The van der Waals surface area contributed by atoms with Crippen LogP contribution in [0.15, 0.2) is 0 Å². The summed E-state index contributed by atoms with van der Waals surface area (Å²) in [5.41, 5.74) is 0.